The van der Waals surface area contributed by atoms with Crippen LogP contribution < -0.4 is 0 Å². The molecule has 3 nitrogen and oxygen atoms in total. The Labute approximate surface area is 70.7 Å². The normalized spacial score (nSPS) is 12.3. The number of carbonyl (C=O) groups excluding carboxylic acids is 2. The number of ketones is 1. The highest BCUT2D eigenvalue weighted by atomic mass is 35.5. The van der Waals surface area contributed by atoms with Crippen molar-refractivity contribution in [3.05, 3.63) is 0 Å². The van der Waals surface area contributed by atoms with Crippen molar-refractivity contribution >= 4 is 23.4 Å². The molecule has 0 rings (SSSR count). The van der Waals surface area contributed by atoms with Crippen molar-refractivity contribution in [1.82, 2.24) is 0 Å². The molecule has 1 atom stereocenters. The van der Waals surface area contributed by atoms with Crippen LogP contribution in [0.3, 0.4) is 0 Å². The van der Waals surface area contributed by atoms with Crippen LogP contribution in [0.25, 0.3) is 0 Å². The Morgan fingerprint density at radius 3 is 2.36 bits per heavy atom. The van der Waals surface area contributed by atoms with Gasteiger partial charge in [0.05, 0.1) is 0 Å². The van der Waals surface area contributed by atoms with Gasteiger partial charge < -0.3 is 4.74 Å². The summed E-state index contributed by atoms with van der Waals surface area (Å²) in [6.07, 6.45) is 0.463. The number of esters is 1. The summed E-state index contributed by atoms with van der Waals surface area (Å²) in [5.41, 5.74) is 0. The van der Waals surface area contributed by atoms with Gasteiger partial charge in [-0.15, -0.1) is 0 Å². The largest absolute Gasteiger partial charge is 0.449 e. The first-order valence-electron chi connectivity index (χ1n) is 3.36. The highest BCUT2D eigenvalue weighted by molar-refractivity contribution is 6.17. The summed E-state index contributed by atoms with van der Waals surface area (Å²) in [6, 6.07) is -0.192. The van der Waals surface area contributed by atoms with Gasteiger partial charge in [0.15, 0.2) is 6.07 Å². The summed E-state index contributed by atoms with van der Waals surface area (Å²) in [7, 11) is 0. The lowest BCUT2D eigenvalue weighted by Crippen LogP contribution is -2.23. The van der Waals surface area contributed by atoms with Crippen LogP contribution in [0.2, 0.25) is 0 Å². The second-order valence-electron chi connectivity index (χ2n) is 2.14. The Hall–Kier alpha value is -0.570. The van der Waals surface area contributed by atoms with Crippen molar-refractivity contribution in [2.45, 2.75) is 20.3 Å². The van der Waals surface area contributed by atoms with Crippen molar-refractivity contribution in [1.29, 1.82) is 0 Å². The lowest BCUT2D eigenvalue weighted by molar-refractivity contribution is -0.149. The first kappa shape index (κ1) is 10.4. The van der Waals surface area contributed by atoms with Gasteiger partial charge in [-0.1, -0.05) is 18.5 Å². The van der Waals surface area contributed by atoms with E-state index >= 15 is 0 Å². The molecule has 0 aliphatic rings. The van der Waals surface area contributed by atoms with Crippen molar-refractivity contribution in [3.63, 3.8) is 0 Å². The lowest BCUT2D eigenvalue weighted by atomic mass is 10.0. The molecule has 0 fully saturated rings. The molecular weight excluding hydrogens is 168 g/mol. The van der Waals surface area contributed by atoms with Gasteiger partial charge in [0.2, 0.25) is 0 Å². The monoisotopic (exact) mass is 178 g/mol. The average molecular weight is 179 g/mol. The fourth-order valence-electron chi connectivity index (χ4n) is 0.774. The maximum absolute atomic E-state index is 10.9. The third-order valence-electron chi connectivity index (χ3n) is 1.38. The maximum atomic E-state index is 10.9. The van der Waals surface area contributed by atoms with Crippen LogP contribution in [0, 0.1) is 5.92 Å². The maximum Gasteiger partial charge on any atom is 0.317 e. The van der Waals surface area contributed by atoms with E-state index in [0.29, 0.717) is 6.42 Å². The van der Waals surface area contributed by atoms with Crippen LogP contribution in [0.1, 0.15) is 20.3 Å². The van der Waals surface area contributed by atoms with Gasteiger partial charge in [-0.3, -0.25) is 9.59 Å². The van der Waals surface area contributed by atoms with Gasteiger partial charge in [-0.05, 0) is 13.3 Å². The number of ether oxygens (including phenoxy) is 1. The minimum absolute atomic E-state index is 0.178. The topological polar surface area (TPSA) is 43.4 Å². The van der Waals surface area contributed by atoms with E-state index < -0.39 is 11.9 Å². The van der Waals surface area contributed by atoms with Gasteiger partial charge in [0.1, 0.15) is 11.7 Å². The van der Waals surface area contributed by atoms with Gasteiger partial charge in [0, 0.05) is 0 Å². The van der Waals surface area contributed by atoms with Crippen LogP contribution in [-0.4, -0.2) is 17.8 Å². The molecule has 0 aromatic carbocycles. The van der Waals surface area contributed by atoms with Gasteiger partial charge in [0.25, 0.3) is 0 Å². The third kappa shape index (κ3) is 3.37. The predicted octanol–water partition coefficient (Wildman–Crippen LogP) is 1.34. The molecule has 0 saturated carbocycles. The van der Waals surface area contributed by atoms with Crippen molar-refractivity contribution < 1.29 is 14.3 Å². The van der Waals surface area contributed by atoms with Crippen molar-refractivity contribution in [2.24, 2.45) is 5.92 Å². The van der Waals surface area contributed by atoms with Crippen LogP contribution in [0.4, 0.5) is 0 Å². The molecule has 4 heteroatoms. The zero-order valence-electron chi connectivity index (χ0n) is 6.59. The molecule has 64 valence electrons. The van der Waals surface area contributed by atoms with E-state index in [1.54, 1.807) is 6.92 Å². The Kier molecular flexibility index (Phi) is 4.86. The SMILES string of the molecule is CCC(C(C)=O)C(=O)OCCl. The van der Waals surface area contributed by atoms with E-state index in [9.17, 15) is 9.59 Å². The van der Waals surface area contributed by atoms with E-state index in [1.165, 1.54) is 6.92 Å². The van der Waals surface area contributed by atoms with Gasteiger partial charge in [-0.2, -0.15) is 0 Å². The number of halogens is 1. The molecule has 0 aliphatic heterocycles. The molecule has 0 amide bonds. The van der Waals surface area contributed by atoms with Crippen molar-refractivity contribution in [2.75, 3.05) is 6.07 Å². The quantitative estimate of drug-likeness (QED) is 0.371. The molecule has 1 unspecified atom stereocenters. The van der Waals surface area contributed by atoms with Crippen molar-refractivity contribution in [3.8, 4) is 0 Å². The Balaban J connectivity index is 4.03. The molecule has 0 saturated heterocycles. The summed E-state index contributed by atoms with van der Waals surface area (Å²) < 4.78 is 4.46. The van der Waals surface area contributed by atoms with E-state index in [2.05, 4.69) is 4.74 Å². The highest BCUT2D eigenvalue weighted by Gasteiger charge is 2.21. The number of hydrogen-bond acceptors (Lipinski definition) is 3. The number of Topliss-reactive ketones (excluding diaryl/α,β-unsaturated/α-hetero) is 1. The number of hydrogen-bond donors (Lipinski definition) is 0. The summed E-state index contributed by atoms with van der Waals surface area (Å²) in [6.45, 7) is 3.12. The summed E-state index contributed by atoms with van der Waals surface area (Å²) in [4.78, 5) is 21.6. The van der Waals surface area contributed by atoms with Crippen LogP contribution in [0.15, 0.2) is 0 Å². The average Bonchev–Trinajstić information content (AvgIpc) is 1.88. The summed E-state index contributed by atoms with van der Waals surface area (Å²) >= 11 is 5.15. The molecule has 0 N–H and O–H groups in total. The molecule has 0 radical (unpaired) electrons. The predicted molar refractivity (Wildman–Crippen MR) is 41.3 cm³/mol. The van der Waals surface area contributed by atoms with E-state index in [4.69, 9.17) is 11.6 Å². The number of rotatable bonds is 4. The Morgan fingerprint density at radius 2 is 2.09 bits per heavy atom. The fraction of sp³-hybridized carbons (Fsp3) is 0.714. The summed E-state index contributed by atoms with van der Waals surface area (Å²) in [5, 5.41) is 0. The molecule has 0 spiro atoms. The first-order chi connectivity index (χ1) is 5.13. The fourth-order valence-corrected chi connectivity index (χ4v) is 0.882. The number of carbonyl (C=O) groups is 2. The second kappa shape index (κ2) is 5.13. The molecule has 0 aliphatic carbocycles. The summed E-state index contributed by atoms with van der Waals surface area (Å²) in [5.74, 6) is -1.36. The van der Waals surface area contributed by atoms with E-state index in [-0.39, 0.29) is 11.8 Å². The Morgan fingerprint density at radius 1 is 1.55 bits per heavy atom. The van der Waals surface area contributed by atoms with Crippen LogP contribution in [0.5, 0.6) is 0 Å². The molecule has 0 aromatic heterocycles. The minimum Gasteiger partial charge on any atom is -0.449 e. The standard InChI is InChI=1S/C7H11ClO3/c1-3-6(5(2)9)7(10)11-4-8/h6H,3-4H2,1-2H3. The van der Waals surface area contributed by atoms with Gasteiger partial charge >= 0.3 is 5.97 Å². The Bertz CT molecular complexity index is 156. The molecule has 11 heavy (non-hydrogen) atoms. The van der Waals surface area contributed by atoms with E-state index in [0.717, 1.165) is 0 Å². The first-order valence-corrected chi connectivity index (χ1v) is 3.90. The molecular formula is C7H11ClO3. The lowest BCUT2D eigenvalue weighted by Gasteiger charge is -2.07. The third-order valence-corrected chi connectivity index (χ3v) is 1.49. The minimum atomic E-state index is -0.645. The highest BCUT2D eigenvalue weighted by Crippen LogP contribution is 2.06. The zero-order valence-corrected chi connectivity index (χ0v) is 7.35. The van der Waals surface area contributed by atoms with Gasteiger partial charge in [-0.25, -0.2) is 0 Å². The second-order valence-corrected chi connectivity index (χ2v) is 2.36. The molecule has 0 heterocycles. The number of alkyl halides is 1. The van der Waals surface area contributed by atoms with Crippen LogP contribution in [-0.2, 0) is 14.3 Å². The van der Waals surface area contributed by atoms with E-state index in [1.807, 2.05) is 0 Å². The zero-order chi connectivity index (χ0) is 8.85. The smallest absolute Gasteiger partial charge is 0.317 e. The molecule has 0 aromatic rings. The van der Waals surface area contributed by atoms with Crippen LogP contribution >= 0.6 is 11.6 Å². The molecule has 0 bridgehead atoms.